The number of alkyl halides is 2. The number of aromatic amines is 1. The lowest BCUT2D eigenvalue weighted by Gasteiger charge is -2.39. The highest BCUT2D eigenvalue weighted by Crippen LogP contribution is 2.31. The molecule has 0 bridgehead atoms. The second-order valence-electron chi connectivity index (χ2n) is 10.2. The van der Waals surface area contributed by atoms with Crippen molar-refractivity contribution < 1.29 is 13.9 Å². The van der Waals surface area contributed by atoms with Crippen molar-refractivity contribution >= 4 is 21.8 Å². The van der Waals surface area contributed by atoms with Gasteiger partial charge in [0.25, 0.3) is 5.92 Å². The molecule has 6 rings (SSSR count). The maximum atomic E-state index is 13.4. The van der Waals surface area contributed by atoms with E-state index < -0.39 is 19.1 Å². The smallest absolute Gasteiger partial charge is 0.283 e. The molecule has 192 valence electrons. The molecule has 1 saturated heterocycles. The van der Waals surface area contributed by atoms with Crippen LogP contribution in [0.25, 0.3) is 21.8 Å². The first-order valence-electron chi connectivity index (χ1n) is 12.8. The van der Waals surface area contributed by atoms with Crippen molar-refractivity contribution in [1.82, 2.24) is 24.6 Å². The van der Waals surface area contributed by atoms with Gasteiger partial charge in [0.15, 0.2) is 0 Å². The SMILES string of the molecule is CC1Cc2c([nH]c3ccccc23)CN1CC(F)(F)CO.CCCN1CC(n2cc3ccccc3n2)C1. The molecule has 2 N–H and O–H groups in total. The maximum Gasteiger partial charge on any atom is 0.283 e. The van der Waals surface area contributed by atoms with E-state index in [0.717, 1.165) is 36.2 Å². The summed E-state index contributed by atoms with van der Waals surface area (Å²) in [6.07, 6.45) is 4.16. The van der Waals surface area contributed by atoms with Crippen LogP contribution < -0.4 is 0 Å². The largest absolute Gasteiger partial charge is 0.390 e. The fraction of sp³-hybridized carbons (Fsp3) is 0.464. The van der Waals surface area contributed by atoms with E-state index in [1.807, 2.05) is 31.2 Å². The van der Waals surface area contributed by atoms with Crippen LogP contribution in [0.3, 0.4) is 0 Å². The first-order chi connectivity index (χ1) is 17.4. The third kappa shape index (κ3) is 5.16. The number of para-hydroxylation sites is 1. The standard InChI is InChI=1S/C15H18F2N2O.C13H17N3/c1-10-6-12-11-4-2-3-5-13(11)18-14(12)7-19(10)8-15(16,17)9-20;1-2-7-15-9-12(10-15)16-8-11-5-3-4-6-13(11)14-16/h2-5,10,18,20H,6-9H2,1H3;3-6,8,12H,2,7,9-10H2,1H3. The van der Waals surface area contributed by atoms with Crippen LogP contribution in [0.5, 0.6) is 0 Å². The topological polar surface area (TPSA) is 60.3 Å². The molecule has 0 aliphatic carbocycles. The number of nitrogens with one attached hydrogen (secondary N) is 1. The minimum Gasteiger partial charge on any atom is -0.390 e. The molecule has 0 saturated carbocycles. The van der Waals surface area contributed by atoms with Gasteiger partial charge >= 0.3 is 0 Å². The summed E-state index contributed by atoms with van der Waals surface area (Å²) in [6.45, 7) is 6.69. The molecule has 0 amide bonds. The summed E-state index contributed by atoms with van der Waals surface area (Å²) >= 11 is 0. The Balaban J connectivity index is 0.000000152. The number of aliphatic hydroxyl groups is 1. The van der Waals surface area contributed by atoms with Crippen molar-refractivity contribution in [2.75, 3.05) is 32.8 Å². The summed E-state index contributed by atoms with van der Waals surface area (Å²) in [5.41, 5.74) is 4.41. The number of benzene rings is 2. The second-order valence-corrected chi connectivity index (χ2v) is 10.2. The van der Waals surface area contributed by atoms with Crippen LogP contribution in [-0.4, -0.2) is 74.4 Å². The minimum atomic E-state index is -3.04. The summed E-state index contributed by atoms with van der Waals surface area (Å²) in [7, 11) is 0. The van der Waals surface area contributed by atoms with E-state index in [-0.39, 0.29) is 6.04 Å². The summed E-state index contributed by atoms with van der Waals surface area (Å²) in [5, 5.41) is 15.8. The lowest BCUT2D eigenvalue weighted by atomic mass is 9.97. The quantitative estimate of drug-likeness (QED) is 0.402. The van der Waals surface area contributed by atoms with Crippen molar-refractivity contribution in [2.24, 2.45) is 0 Å². The number of aromatic nitrogens is 3. The molecule has 2 aromatic heterocycles. The van der Waals surface area contributed by atoms with Crippen LogP contribution in [0.1, 0.15) is 37.6 Å². The molecule has 0 radical (unpaired) electrons. The number of halogens is 2. The Morgan fingerprint density at radius 2 is 1.86 bits per heavy atom. The maximum absolute atomic E-state index is 13.4. The highest BCUT2D eigenvalue weighted by molar-refractivity contribution is 5.85. The Labute approximate surface area is 210 Å². The van der Waals surface area contributed by atoms with Gasteiger partial charge in [0.05, 0.1) is 18.1 Å². The second kappa shape index (κ2) is 10.3. The predicted octanol–water partition coefficient (Wildman–Crippen LogP) is 4.85. The number of hydrogen-bond donors (Lipinski definition) is 2. The van der Waals surface area contributed by atoms with Crippen molar-refractivity contribution in [1.29, 1.82) is 0 Å². The molecule has 2 aromatic carbocycles. The lowest BCUT2D eigenvalue weighted by molar-refractivity contribution is -0.0819. The van der Waals surface area contributed by atoms with Gasteiger partial charge in [0.2, 0.25) is 0 Å². The summed E-state index contributed by atoms with van der Waals surface area (Å²) < 4.78 is 28.9. The van der Waals surface area contributed by atoms with E-state index in [1.54, 1.807) is 4.90 Å². The van der Waals surface area contributed by atoms with E-state index in [0.29, 0.717) is 12.6 Å². The number of nitrogens with zero attached hydrogens (tertiary/aromatic N) is 4. The lowest BCUT2D eigenvalue weighted by Crippen LogP contribution is -2.47. The predicted molar refractivity (Wildman–Crippen MR) is 139 cm³/mol. The molecule has 36 heavy (non-hydrogen) atoms. The zero-order valence-electron chi connectivity index (χ0n) is 21.0. The minimum absolute atomic E-state index is 0.0409. The van der Waals surface area contributed by atoms with Gasteiger partial charge in [0.1, 0.15) is 6.61 Å². The highest BCUT2D eigenvalue weighted by atomic mass is 19.3. The zero-order chi connectivity index (χ0) is 25.3. The normalized spacial score (nSPS) is 19.2. The summed E-state index contributed by atoms with van der Waals surface area (Å²) in [5.74, 6) is -3.04. The molecule has 8 heteroatoms. The molecule has 0 spiro atoms. The number of H-pyrrole nitrogens is 1. The molecule has 4 aromatic rings. The van der Waals surface area contributed by atoms with Crippen molar-refractivity contribution in [3.8, 4) is 0 Å². The third-order valence-electron chi connectivity index (χ3n) is 7.34. The molecular formula is C28H35F2N5O. The molecule has 6 nitrogen and oxygen atoms in total. The molecule has 1 fully saturated rings. The fourth-order valence-corrected chi connectivity index (χ4v) is 5.35. The Hall–Kier alpha value is -2.81. The first-order valence-corrected chi connectivity index (χ1v) is 12.8. The van der Waals surface area contributed by atoms with E-state index in [2.05, 4.69) is 57.1 Å². The zero-order valence-corrected chi connectivity index (χ0v) is 21.0. The first kappa shape index (κ1) is 24.9. The molecule has 1 atom stereocenters. The van der Waals surface area contributed by atoms with Crippen LogP contribution in [0.15, 0.2) is 54.7 Å². The van der Waals surface area contributed by atoms with Crippen LogP contribution in [0.2, 0.25) is 0 Å². The average Bonchev–Trinajstić information content (AvgIpc) is 3.42. The van der Waals surface area contributed by atoms with Crippen LogP contribution in [0.4, 0.5) is 8.78 Å². The monoisotopic (exact) mass is 495 g/mol. The molecule has 2 aliphatic heterocycles. The van der Waals surface area contributed by atoms with Gasteiger partial charge in [-0.05, 0) is 44.0 Å². The van der Waals surface area contributed by atoms with E-state index in [9.17, 15) is 8.78 Å². The summed E-state index contributed by atoms with van der Waals surface area (Å²) in [6, 6.07) is 17.0. The van der Waals surface area contributed by atoms with E-state index in [1.165, 1.54) is 29.3 Å². The van der Waals surface area contributed by atoms with Gasteiger partial charge in [0, 0.05) is 53.9 Å². The van der Waals surface area contributed by atoms with Crippen LogP contribution >= 0.6 is 0 Å². The van der Waals surface area contributed by atoms with Crippen LogP contribution in [0, 0.1) is 0 Å². The Kier molecular flexibility index (Phi) is 7.10. The number of fused-ring (bicyclic) bond motifs is 4. The number of hydrogen-bond acceptors (Lipinski definition) is 4. The Morgan fingerprint density at radius 1 is 1.11 bits per heavy atom. The molecular weight excluding hydrogens is 460 g/mol. The van der Waals surface area contributed by atoms with Gasteiger partial charge in [-0.2, -0.15) is 5.10 Å². The van der Waals surface area contributed by atoms with E-state index in [4.69, 9.17) is 5.11 Å². The van der Waals surface area contributed by atoms with Gasteiger partial charge in [-0.15, -0.1) is 0 Å². The fourth-order valence-electron chi connectivity index (χ4n) is 5.35. The van der Waals surface area contributed by atoms with Crippen molar-refractivity contribution in [3.05, 3.63) is 66.0 Å². The van der Waals surface area contributed by atoms with Gasteiger partial charge in [-0.1, -0.05) is 43.3 Å². The molecule has 4 heterocycles. The Morgan fingerprint density at radius 3 is 2.61 bits per heavy atom. The number of rotatable bonds is 6. The highest BCUT2D eigenvalue weighted by Gasteiger charge is 2.35. The number of likely N-dealkylation sites (tertiary alicyclic amines) is 1. The Bertz CT molecular complexity index is 1280. The van der Waals surface area contributed by atoms with Gasteiger partial charge < -0.3 is 10.1 Å². The van der Waals surface area contributed by atoms with Crippen molar-refractivity contribution in [3.63, 3.8) is 0 Å². The molecule has 2 aliphatic rings. The van der Waals surface area contributed by atoms with E-state index >= 15 is 0 Å². The molecule has 1 unspecified atom stereocenters. The van der Waals surface area contributed by atoms with Gasteiger partial charge in [-0.25, -0.2) is 8.78 Å². The third-order valence-corrected chi connectivity index (χ3v) is 7.34. The average molecular weight is 496 g/mol. The number of aliphatic hydroxyl groups excluding tert-OH is 1. The van der Waals surface area contributed by atoms with Crippen LogP contribution in [-0.2, 0) is 13.0 Å². The van der Waals surface area contributed by atoms with Crippen molar-refractivity contribution in [2.45, 2.75) is 51.2 Å². The summed E-state index contributed by atoms with van der Waals surface area (Å²) in [4.78, 5) is 7.53. The van der Waals surface area contributed by atoms with Gasteiger partial charge in [-0.3, -0.25) is 14.5 Å².